The number of hydrogen-bond acceptors (Lipinski definition) is 5. The summed E-state index contributed by atoms with van der Waals surface area (Å²) in [5, 5.41) is 14.5. The number of carbonyl (C=O) groups excluding carboxylic acids is 1. The molecule has 8 heteroatoms. The highest BCUT2D eigenvalue weighted by Crippen LogP contribution is 2.30. The van der Waals surface area contributed by atoms with Crippen LogP contribution in [0, 0.1) is 11.3 Å². The second kappa shape index (κ2) is 8.63. The lowest BCUT2D eigenvalue weighted by atomic mass is 10.2. The third kappa shape index (κ3) is 4.64. The number of anilines is 2. The van der Waals surface area contributed by atoms with Crippen LogP contribution in [0.15, 0.2) is 47.4 Å². The Morgan fingerprint density at radius 2 is 1.75 bits per heavy atom. The van der Waals surface area contributed by atoms with Crippen LogP contribution < -0.4 is 10.6 Å². The van der Waals surface area contributed by atoms with Gasteiger partial charge in [-0.3, -0.25) is 4.79 Å². The molecule has 1 aliphatic rings. The largest absolute Gasteiger partial charge is 0.376 e. The van der Waals surface area contributed by atoms with Gasteiger partial charge in [-0.2, -0.15) is 5.26 Å². The predicted molar refractivity (Wildman–Crippen MR) is 109 cm³/mol. The van der Waals surface area contributed by atoms with Crippen molar-refractivity contribution in [1.82, 2.24) is 0 Å². The molecule has 2 N–H and O–H groups in total. The summed E-state index contributed by atoms with van der Waals surface area (Å²) in [6.45, 7) is 0.00629. The minimum Gasteiger partial charge on any atom is -0.376 e. The molecular weight excluding hydrogens is 398 g/mol. The summed E-state index contributed by atoms with van der Waals surface area (Å²) in [6, 6.07) is 13.1. The number of rotatable bonds is 6. The number of sulfone groups is 1. The van der Waals surface area contributed by atoms with Gasteiger partial charge < -0.3 is 10.6 Å². The van der Waals surface area contributed by atoms with Gasteiger partial charge in [-0.25, -0.2) is 8.42 Å². The van der Waals surface area contributed by atoms with Gasteiger partial charge in [-0.1, -0.05) is 24.4 Å². The summed E-state index contributed by atoms with van der Waals surface area (Å²) >= 11 is 5.95. The van der Waals surface area contributed by atoms with Crippen molar-refractivity contribution in [2.75, 3.05) is 17.2 Å². The molecule has 1 amide bonds. The van der Waals surface area contributed by atoms with Gasteiger partial charge in [0.05, 0.1) is 27.3 Å². The van der Waals surface area contributed by atoms with Crippen molar-refractivity contribution in [1.29, 1.82) is 5.26 Å². The Morgan fingerprint density at radius 3 is 2.36 bits per heavy atom. The van der Waals surface area contributed by atoms with Crippen LogP contribution in [0.1, 0.15) is 31.2 Å². The summed E-state index contributed by atoms with van der Waals surface area (Å²) in [7, 11) is -3.28. The van der Waals surface area contributed by atoms with E-state index in [2.05, 4.69) is 10.6 Å². The molecular formula is C20H20ClN3O3S. The van der Waals surface area contributed by atoms with E-state index in [1.807, 2.05) is 6.07 Å². The molecule has 0 heterocycles. The summed E-state index contributed by atoms with van der Waals surface area (Å²) in [5.74, 6) is -0.288. The van der Waals surface area contributed by atoms with Crippen LogP contribution in [0.2, 0.25) is 5.02 Å². The standard InChI is InChI=1S/C20H20ClN3O3S/c21-19-11-16(6-5-14(19)12-22)24-20(25)13-23-15-7-9-18(10-8-15)28(26,27)17-3-1-2-4-17/h5-11,17,23H,1-4,13H2,(H,24,25). The molecule has 0 unspecified atom stereocenters. The van der Waals surface area contributed by atoms with Crippen LogP contribution in [0.5, 0.6) is 0 Å². The van der Waals surface area contributed by atoms with Crippen molar-refractivity contribution in [2.45, 2.75) is 35.8 Å². The molecule has 146 valence electrons. The lowest BCUT2D eigenvalue weighted by molar-refractivity contribution is -0.114. The first-order valence-corrected chi connectivity index (χ1v) is 10.9. The van der Waals surface area contributed by atoms with Crippen LogP contribution >= 0.6 is 11.6 Å². The number of nitriles is 1. The van der Waals surface area contributed by atoms with E-state index in [1.165, 1.54) is 12.1 Å². The zero-order valence-electron chi connectivity index (χ0n) is 15.1. The molecule has 2 aromatic carbocycles. The zero-order chi connectivity index (χ0) is 20.1. The molecule has 1 saturated carbocycles. The summed E-state index contributed by atoms with van der Waals surface area (Å²) in [5.41, 5.74) is 1.48. The van der Waals surface area contributed by atoms with Crippen LogP contribution in [0.4, 0.5) is 11.4 Å². The Hall–Kier alpha value is -2.56. The minimum atomic E-state index is -3.28. The van der Waals surface area contributed by atoms with Crippen LogP contribution in [-0.4, -0.2) is 26.1 Å². The Balaban J connectivity index is 1.57. The molecule has 0 aliphatic heterocycles. The van der Waals surface area contributed by atoms with E-state index in [4.69, 9.17) is 16.9 Å². The molecule has 6 nitrogen and oxygen atoms in total. The molecule has 2 aromatic rings. The molecule has 1 aliphatic carbocycles. The number of nitrogens with one attached hydrogen (secondary N) is 2. The molecule has 0 spiro atoms. The van der Waals surface area contributed by atoms with Crippen molar-refractivity contribution >= 4 is 38.7 Å². The fourth-order valence-electron chi connectivity index (χ4n) is 3.22. The van der Waals surface area contributed by atoms with E-state index in [0.717, 1.165) is 25.7 Å². The van der Waals surface area contributed by atoms with E-state index >= 15 is 0 Å². The summed E-state index contributed by atoms with van der Waals surface area (Å²) < 4.78 is 25.1. The van der Waals surface area contributed by atoms with Gasteiger partial charge in [-0.05, 0) is 55.3 Å². The van der Waals surface area contributed by atoms with Crippen molar-refractivity contribution in [3.8, 4) is 6.07 Å². The van der Waals surface area contributed by atoms with Gasteiger partial charge in [0.25, 0.3) is 0 Å². The number of hydrogen-bond donors (Lipinski definition) is 2. The maximum atomic E-state index is 12.6. The molecule has 0 saturated heterocycles. The molecule has 3 rings (SSSR count). The third-order valence-electron chi connectivity index (χ3n) is 4.75. The van der Waals surface area contributed by atoms with Crippen molar-refractivity contribution in [3.05, 3.63) is 53.1 Å². The molecule has 0 aromatic heterocycles. The molecule has 0 bridgehead atoms. The van der Waals surface area contributed by atoms with Crippen LogP contribution in [0.3, 0.4) is 0 Å². The second-order valence-corrected chi connectivity index (χ2v) is 9.32. The van der Waals surface area contributed by atoms with E-state index in [1.54, 1.807) is 30.3 Å². The van der Waals surface area contributed by atoms with Gasteiger partial charge in [0.2, 0.25) is 5.91 Å². The van der Waals surface area contributed by atoms with E-state index in [9.17, 15) is 13.2 Å². The highest BCUT2D eigenvalue weighted by atomic mass is 35.5. The van der Waals surface area contributed by atoms with E-state index < -0.39 is 9.84 Å². The molecule has 0 radical (unpaired) electrons. The van der Waals surface area contributed by atoms with Crippen molar-refractivity contribution in [2.24, 2.45) is 0 Å². The first-order chi connectivity index (χ1) is 13.4. The Kier molecular flexibility index (Phi) is 6.22. The van der Waals surface area contributed by atoms with Crippen molar-refractivity contribution < 1.29 is 13.2 Å². The SMILES string of the molecule is N#Cc1ccc(NC(=O)CNc2ccc(S(=O)(=O)C3CCCC3)cc2)cc1Cl. The van der Waals surface area contributed by atoms with Gasteiger partial charge >= 0.3 is 0 Å². The summed E-state index contributed by atoms with van der Waals surface area (Å²) in [4.78, 5) is 12.4. The molecule has 0 atom stereocenters. The van der Waals surface area contributed by atoms with Gasteiger partial charge in [0.15, 0.2) is 9.84 Å². The third-order valence-corrected chi connectivity index (χ3v) is 7.34. The normalized spacial score (nSPS) is 14.4. The highest BCUT2D eigenvalue weighted by Gasteiger charge is 2.30. The summed E-state index contributed by atoms with van der Waals surface area (Å²) in [6.07, 6.45) is 3.37. The molecule has 1 fully saturated rings. The average molecular weight is 418 g/mol. The second-order valence-electron chi connectivity index (χ2n) is 6.68. The Labute approximate surface area is 169 Å². The topological polar surface area (TPSA) is 99.1 Å². The van der Waals surface area contributed by atoms with Gasteiger partial charge in [0.1, 0.15) is 6.07 Å². The first-order valence-electron chi connectivity index (χ1n) is 8.97. The van der Waals surface area contributed by atoms with Gasteiger partial charge in [0, 0.05) is 11.4 Å². The molecule has 28 heavy (non-hydrogen) atoms. The zero-order valence-corrected chi connectivity index (χ0v) is 16.7. The van der Waals surface area contributed by atoms with E-state index in [-0.39, 0.29) is 22.7 Å². The fraction of sp³-hybridized carbons (Fsp3) is 0.300. The number of halogens is 1. The van der Waals surface area contributed by atoms with Crippen LogP contribution in [-0.2, 0) is 14.6 Å². The minimum absolute atomic E-state index is 0.00629. The Bertz CT molecular complexity index is 1010. The van der Waals surface area contributed by atoms with E-state index in [0.29, 0.717) is 21.8 Å². The van der Waals surface area contributed by atoms with Crippen LogP contribution in [0.25, 0.3) is 0 Å². The number of amides is 1. The highest BCUT2D eigenvalue weighted by molar-refractivity contribution is 7.92. The lowest BCUT2D eigenvalue weighted by Crippen LogP contribution is -2.22. The number of carbonyl (C=O) groups is 1. The monoisotopic (exact) mass is 417 g/mol. The predicted octanol–water partition coefficient (Wildman–Crippen LogP) is 3.98. The fourth-order valence-corrected chi connectivity index (χ4v) is 5.30. The average Bonchev–Trinajstić information content (AvgIpc) is 3.23. The Morgan fingerprint density at radius 1 is 1.11 bits per heavy atom. The first kappa shape index (κ1) is 20.2. The maximum Gasteiger partial charge on any atom is 0.243 e. The maximum absolute atomic E-state index is 12.6. The number of nitrogens with zero attached hydrogens (tertiary/aromatic N) is 1. The lowest BCUT2D eigenvalue weighted by Gasteiger charge is -2.12. The quantitative estimate of drug-likeness (QED) is 0.740. The van der Waals surface area contributed by atoms with Gasteiger partial charge in [-0.15, -0.1) is 0 Å². The smallest absolute Gasteiger partial charge is 0.243 e. The number of benzene rings is 2. The van der Waals surface area contributed by atoms with Crippen molar-refractivity contribution in [3.63, 3.8) is 0 Å².